The number of benzene rings is 1. The number of esters is 1. The number of carboxylic acids is 2. The minimum absolute atomic E-state index is 0.190. The molecule has 0 aliphatic heterocycles. The molecule has 7 nitrogen and oxygen atoms in total. The van der Waals surface area contributed by atoms with Crippen LogP contribution >= 0.6 is 0 Å². The first-order chi connectivity index (χ1) is 11.4. The van der Waals surface area contributed by atoms with Crippen LogP contribution in [0.4, 0.5) is 0 Å². The van der Waals surface area contributed by atoms with Crippen LogP contribution in [0.1, 0.15) is 34.1 Å². The molecule has 8 heteroatoms. The molecule has 0 atom stereocenters. The van der Waals surface area contributed by atoms with E-state index < -0.39 is 11.9 Å². The van der Waals surface area contributed by atoms with Gasteiger partial charge in [-0.25, -0.2) is 14.4 Å². The van der Waals surface area contributed by atoms with Crippen LogP contribution in [0.25, 0.3) is 0 Å². The van der Waals surface area contributed by atoms with Crippen molar-refractivity contribution in [1.29, 1.82) is 0 Å². The minimum atomic E-state index is -1.23. The summed E-state index contributed by atoms with van der Waals surface area (Å²) in [4.78, 5) is 31.5. The molecule has 0 fully saturated rings. The van der Waals surface area contributed by atoms with Crippen molar-refractivity contribution >= 4 is 27.7 Å². The van der Waals surface area contributed by atoms with Crippen LogP contribution in [0.5, 0.6) is 0 Å². The Morgan fingerprint density at radius 1 is 1.17 bits per heavy atom. The van der Waals surface area contributed by atoms with E-state index in [0.29, 0.717) is 6.61 Å². The van der Waals surface area contributed by atoms with Crippen molar-refractivity contribution in [2.24, 2.45) is 0 Å². The molecular formula is C16H22O7Si. The number of hydrogen-bond donors (Lipinski definition) is 2. The van der Waals surface area contributed by atoms with Gasteiger partial charge in [-0.15, -0.1) is 0 Å². The van der Waals surface area contributed by atoms with Gasteiger partial charge >= 0.3 is 17.9 Å². The maximum absolute atomic E-state index is 10.5. The molecule has 0 aromatic heterocycles. The number of hydrogen-bond acceptors (Lipinski definition) is 5. The van der Waals surface area contributed by atoms with Crippen LogP contribution in [0.15, 0.2) is 36.9 Å². The fraction of sp³-hybridized carbons (Fsp3) is 0.312. The molecule has 0 saturated heterocycles. The lowest BCUT2D eigenvalue weighted by Gasteiger charge is -2.01. The fourth-order valence-corrected chi connectivity index (χ4v) is 2.44. The Morgan fingerprint density at radius 2 is 1.71 bits per heavy atom. The lowest BCUT2D eigenvalue weighted by atomic mass is 10.1. The van der Waals surface area contributed by atoms with Crippen molar-refractivity contribution < 1.29 is 33.8 Å². The van der Waals surface area contributed by atoms with Gasteiger partial charge in [0.15, 0.2) is 9.76 Å². The summed E-state index contributed by atoms with van der Waals surface area (Å²) in [5.74, 6) is -2.80. The van der Waals surface area contributed by atoms with E-state index in [-0.39, 0.29) is 26.9 Å². The Balaban J connectivity index is 0.000000441. The van der Waals surface area contributed by atoms with Crippen molar-refractivity contribution in [2.75, 3.05) is 13.2 Å². The zero-order valence-electron chi connectivity index (χ0n) is 13.6. The molecule has 132 valence electrons. The van der Waals surface area contributed by atoms with Gasteiger partial charge < -0.3 is 19.4 Å². The predicted octanol–water partition coefficient (Wildman–Crippen LogP) is 1.73. The smallest absolute Gasteiger partial charge is 0.336 e. The maximum atomic E-state index is 10.5. The summed E-state index contributed by atoms with van der Waals surface area (Å²) in [5.41, 5.74) is -0.380. The van der Waals surface area contributed by atoms with Crippen molar-refractivity contribution in [3.05, 3.63) is 48.0 Å². The van der Waals surface area contributed by atoms with Crippen LogP contribution < -0.4 is 0 Å². The third-order valence-corrected chi connectivity index (χ3v) is 4.17. The first-order valence-corrected chi connectivity index (χ1v) is 8.94. The van der Waals surface area contributed by atoms with Crippen molar-refractivity contribution in [1.82, 2.24) is 0 Å². The SMILES string of the molecule is C=CC(=O)OCCC[SiH2]OCC.O=C(O)c1ccccc1C(=O)O. The van der Waals surface area contributed by atoms with Gasteiger partial charge in [0.2, 0.25) is 0 Å². The second-order valence-electron chi connectivity index (χ2n) is 4.43. The Morgan fingerprint density at radius 3 is 2.12 bits per heavy atom. The molecular weight excluding hydrogens is 332 g/mol. The van der Waals surface area contributed by atoms with Crippen LogP contribution in [-0.2, 0) is 14.0 Å². The van der Waals surface area contributed by atoms with Gasteiger partial charge in [0, 0.05) is 12.7 Å². The van der Waals surface area contributed by atoms with Gasteiger partial charge in [-0.2, -0.15) is 0 Å². The highest BCUT2D eigenvalue weighted by Crippen LogP contribution is 2.07. The lowest BCUT2D eigenvalue weighted by molar-refractivity contribution is -0.137. The second kappa shape index (κ2) is 13.0. The van der Waals surface area contributed by atoms with Gasteiger partial charge in [0.1, 0.15) is 0 Å². The monoisotopic (exact) mass is 354 g/mol. The highest BCUT2D eigenvalue weighted by Gasteiger charge is 2.13. The second-order valence-corrected chi connectivity index (χ2v) is 5.96. The highest BCUT2D eigenvalue weighted by atomic mass is 28.2. The van der Waals surface area contributed by atoms with Gasteiger partial charge in [0.25, 0.3) is 0 Å². The molecule has 2 N–H and O–H groups in total. The van der Waals surface area contributed by atoms with E-state index in [9.17, 15) is 14.4 Å². The van der Waals surface area contributed by atoms with E-state index >= 15 is 0 Å². The van der Waals surface area contributed by atoms with E-state index in [2.05, 4.69) is 6.58 Å². The number of ether oxygens (including phenoxy) is 1. The summed E-state index contributed by atoms with van der Waals surface area (Å²) >= 11 is 0. The molecule has 1 rings (SSSR count). The van der Waals surface area contributed by atoms with Gasteiger partial charge in [-0.1, -0.05) is 18.7 Å². The summed E-state index contributed by atoms with van der Waals surface area (Å²) in [6.07, 6.45) is 2.09. The van der Waals surface area contributed by atoms with Crippen LogP contribution in [0.2, 0.25) is 6.04 Å². The van der Waals surface area contributed by atoms with Crippen molar-refractivity contribution in [3.8, 4) is 0 Å². The van der Waals surface area contributed by atoms with Crippen molar-refractivity contribution in [3.63, 3.8) is 0 Å². The summed E-state index contributed by atoms with van der Waals surface area (Å²) in [6.45, 7) is 6.58. The number of carboxylic acid groups (broad SMARTS) is 2. The zero-order chi connectivity index (χ0) is 18.4. The average Bonchev–Trinajstić information content (AvgIpc) is 2.58. The molecule has 24 heavy (non-hydrogen) atoms. The summed E-state index contributed by atoms with van der Waals surface area (Å²) < 4.78 is 10.0. The van der Waals surface area contributed by atoms with Gasteiger partial charge in [-0.3, -0.25) is 0 Å². The van der Waals surface area contributed by atoms with E-state index in [1.807, 2.05) is 6.92 Å². The first kappa shape index (κ1) is 21.5. The predicted molar refractivity (Wildman–Crippen MR) is 91.1 cm³/mol. The molecule has 0 bridgehead atoms. The van der Waals surface area contributed by atoms with Crippen LogP contribution in [0.3, 0.4) is 0 Å². The molecule has 1 aromatic carbocycles. The standard InChI is InChI=1S/C8H6O4.C8H16O3Si/c9-7(10)5-3-1-2-4-6(5)8(11)12;1-3-8(9)10-6-5-7-12-11-4-2/h1-4H,(H,9,10)(H,11,12);3H,1,4-7,12H2,2H3. The number of aromatic carboxylic acids is 2. The topological polar surface area (TPSA) is 110 Å². The summed E-state index contributed by atoms with van der Waals surface area (Å²) in [5, 5.41) is 17.1. The van der Waals surface area contributed by atoms with Gasteiger partial charge in [0.05, 0.1) is 17.7 Å². The molecule has 0 amide bonds. The maximum Gasteiger partial charge on any atom is 0.336 e. The summed E-state index contributed by atoms with van der Waals surface area (Å²) in [7, 11) is -0.357. The van der Waals surface area contributed by atoms with Crippen molar-refractivity contribution in [2.45, 2.75) is 19.4 Å². The van der Waals surface area contributed by atoms with E-state index in [1.165, 1.54) is 30.3 Å². The Kier molecular flexibility index (Phi) is 11.7. The number of carbonyl (C=O) groups excluding carboxylic acids is 1. The van der Waals surface area contributed by atoms with E-state index in [0.717, 1.165) is 19.1 Å². The highest BCUT2D eigenvalue weighted by molar-refractivity contribution is 6.26. The summed E-state index contributed by atoms with van der Waals surface area (Å²) in [6, 6.07) is 6.54. The normalized spacial score (nSPS) is 9.88. The minimum Gasteiger partial charge on any atom is -0.478 e. The third kappa shape index (κ3) is 9.54. The molecule has 0 heterocycles. The molecule has 0 radical (unpaired) electrons. The first-order valence-electron chi connectivity index (χ1n) is 7.36. The molecule has 0 unspecified atom stereocenters. The van der Waals surface area contributed by atoms with Gasteiger partial charge in [-0.05, 0) is 31.5 Å². The Labute approximate surface area is 142 Å². The number of carbonyl (C=O) groups is 3. The van der Waals surface area contributed by atoms with E-state index in [1.54, 1.807) is 0 Å². The fourth-order valence-electron chi connectivity index (χ4n) is 1.54. The number of rotatable bonds is 9. The average molecular weight is 354 g/mol. The Bertz CT molecular complexity index is 524. The van der Waals surface area contributed by atoms with Crippen LogP contribution in [0, 0.1) is 0 Å². The van der Waals surface area contributed by atoms with Crippen LogP contribution in [-0.4, -0.2) is 51.1 Å². The lowest BCUT2D eigenvalue weighted by Crippen LogP contribution is -2.06. The zero-order valence-corrected chi connectivity index (χ0v) is 15.0. The largest absolute Gasteiger partial charge is 0.478 e. The molecule has 0 aliphatic rings. The molecule has 0 aliphatic carbocycles. The quantitative estimate of drug-likeness (QED) is 0.301. The van der Waals surface area contributed by atoms with E-state index in [4.69, 9.17) is 19.4 Å². The molecule has 0 spiro atoms. The Hall–Kier alpha value is -2.45. The molecule has 0 saturated carbocycles. The third-order valence-electron chi connectivity index (χ3n) is 2.69. The molecule has 1 aromatic rings.